The summed E-state index contributed by atoms with van der Waals surface area (Å²) in [4.78, 5) is 19.4. The third-order valence-corrected chi connectivity index (χ3v) is 5.48. The summed E-state index contributed by atoms with van der Waals surface area (Å²) in [7, 11) is 0. The fraction of sp³-hybridized carbons (Fsp3) is 0.733. The van der Waals surface area contributed by atoms with Crippen LogP contribution in [0.5, 0.6) is 0 Å². The number of anilines is 2. The number of likely N-dealkylation sites (tertiary alicyclic amines) is 1. The van der Waals surface area contributed by atoms with E-state index in [9.17, 15) is 4.79 Å². The first-order valence-electron chi connectivity index (χ1n) is 7.73. The molecule has 1 aromatic rings. The van der Waals surface area contributed by atoms with E-state index < -0.39 is 0 Å². The summed E-state index contributed by atoms with van der Waals surface area (Å²) in [6.07, 6.45) is 3.32. The fourth-order valence-electron chi connectivity index (χ4n) is 2.87. The molecule has 0 unspecified atom stereocenters. The molecule has 2 rings (SSSR count). The Morgan fingerprint density at radius 1 is 1.48 bits per heavy atom. The van der Waals surface area contributed by atoms with Gasteiger partial charge < -0.3 is 16.0 Å². The predicted molar refractivity (Wildman–Crippen MR) is 88.8 cm³/mol. The van der Waals surface area contributed by atoms with Crippen LogP contribution in [0, 0.1) is 5.41 Å². The largest absolute Gasteiger partial charge is 0.382 e. The number of hydrogen-bond donors (Lipinski definition) is 2. The van der Waals surface area contributed by atoms with Crippen molar-refractivity contribution in [1.29, 1.82) is 0 Å². The molecule has 0 aromatic carbocycles. The maximum absolute atomic E-state index is 12.7. The maximum Gasteiger partial charge on any atom is 0.267 e. The molecule has 1 aromatic heterocycles. The highest BCUT2D eigenvalue weighted by molar-refractivity contribution is 7.18. The second-order valence-electron chi connectivity index (χ2n) is 6.22. The molecular formula is C15H26N4OS. The minimum Gasteiger partial charge on any atom is -0.382 e. The Hall–Kier alpha value is -1.30. The lowest BCUT2D eigenvalue weighted by molar-refractivity contribution is 0.0775. The molecular weight excluding hydrogens is 284 g/mol. The van der Waals surface area contributed by atoms with Gasteiger partial charge in [-0.2, -0.15) is 0 Å². The summed E-state index contributed by atoms with van der Waals surface area (Å²) in [5.74, 6) is 0.379. The molecule has 3 N–H and O–H groups in total. The van der Waals surface area contributed by atoms with Gasteiger partial charge in [-0.15, -0.1) is 0 Å². The quantitative estimate of drug-likeness (QED) is 0.876. The Balaban J connectivity index is 2.12. The van der Waals surface area contributed by atoms with Gasteiger partial charge in [-0.05, 0) is 38.5 Å². The van der Waals surface area contributed by atoms with Crippen molar-refractivity contribution in [3.05, 3.63) is 4.88 Å². The Morgan fingerprint density at radius 2 is 2.14 bits per heavy atom. The van der Waals surface area contributed by atoms with Crippen molar-refractivity contribution < 1.29 is 4.79 Å². The molecule has 6 heteroatoms. The third-order valence-electron chi connectivity index (χ3n) is 4.49. The second kappa shape index (κ2) is 6.22. The van der Waals surface area contributed by atoms with Crippen LogP contribution in [0.4, 0.5) is 10.9 Å². The van der Waals surface area contributed by atoms with Crippen LogP contribution in [0.15, 0.2) is 0 Å². The van der Waals surface area contributed by atoms with E-state index in [4.69, 9.17) is 5.73 Å². The standard InChI is InChI=1S/C15H26N4OS/c1-5-15(6-2)7-8-19(9-15)13(20)11-12(16)18-14(21-11)17-10(3)4/h10H,5-9,16H2,1-4H3,(H,17,18). The van der Waals surface area contributed by atoms with Gasteiger partial charge >= 0.3 is 0 Å². The van der Waals surface area contributed by atoms with Gasteiger partial charge in [-0.1, -0.05) is 25.2 Å². The van der Waals surface area contributed by atoms with Crippen LogP contribution in [-0.4, -0.2) is 34.9 Å². The number of rotatable bonds is 5. The number of carbonyl (C=O) groups is 1. The molecule has 5 nitrogen and oxygen atoms in total. The van der Waals surface area contributed by atoms with Gasteiger partial charge in [-0.3, -0.25) is 4.79 Å². The zero-order chi connectivity index (χ0) is 15.6. The van der Waals surface area contributed by atoms with Crippen molar-refractivity contribution in [3.63, 3.8) is 0 Å². The summed E-state index contributed by atoms with van der Waals surface area (Å²) in [5, 5.41) is 3.93. The molecule has 1 fully saturated rings. The molecule has 0 aliphatic carbocycles. The van der Waals surface area contributed by atoms with Crippen LogP contribution in [-0.2, 0) is 0 Å². The number of hydrogen-bond acceptors (Lipinski definition) is 5. The summed E-state index contributed by atoms with van der Waals surface area (Å²) < 4.78 is 0. The number of nitrogen functional groups attached to an aromatic ring is 1. The van der Waals surface area contributed by atoms with Gasteiger partial charge in [-0.25, -0.2) is 4.98 Å². The molecule has 1 aliphatic rings. The Bertz CT molecular complexity index is 508. The van der Waals surface area contributed by atoms with Crippen LogP contribution in [0.3, 0.4) is 0 Å². The molecule has 1 aliphatic heterocycles. The van der Waals surface area contributed by atoms with Gasteiger partial charge in [0, 0.05) is 19.1 Å². The first-order chi connectivity index (χ1) is 9.90. The van der Waals surface area contributed by atoms with Crippen LogP contribution in [0.1, 0.15) is 56.6 Å². The average molecular weight is 310 g/mol. The van der Waals surface area contributed by atoms with E-state index >= 15 is 0 Å². The molecule has 0 atom stereocenters. The second-order valence-corrected chi connectivity index (χ2v) is 7.22. The van der Waals surface area contributed by atoms with Crippen molar-refractivity contribution in [2.24, 2.45) is 5.41 Å². The van der Waals surface area contributed by atoms with Crippen LogP contribution >= 0.6 is 11.3 Å². The SMILES string of the molecule is CCC1(CC)CCN(C(=O)c2sc(NC(C)C)nc2N)C1. The summed E-state index contributed by atoms with van der Waals surface area (Å²) in [6, 6.07) is 0.276. The molecule has 0 saturated carbocycles. The first kappa shape index (κ1) is 16.1. The zero-order valence-electron chi connectivity index (χ0n) is 13.4. The van der Waals surface area contributed by atoms with Gasteiger partial charge in [0.2, 0.25) is 0 Å². The predicted octanol–water partition coefficient (Wildman–Crippen LogP) is 3.20. The monoisotopic (exact) mass is 310 g/mol. The minimum absolute atomic E-state index is 0.0329. The van der Waals surface area contributed by atoms with E-state index in [1.54, 1.807) is 0 Å². The van der Waals surface area contributed by atoms with Crippen molar-refractivity contribution in [2.75, 3.05) is 24.1 Å². The smallest absolute Gasteiger partial charge is 0.267 e. The van der Waals surface area contributed by atoms with E-state index in [2.05, 4.69) is 24.1 Å². The lowest BCUT2D eigenvalue weighted by Gasteiger charge is -2.26. The lowest BCUT2D eigenvalue weighted by Crippen LogP contribution is -2.31. The molecule has 1 saturated heterocycles. The highest BCUT2D eigenvalue weighted by Crippen LogP contribution is 2.38. The summed E-state index contributed by atoms with van der Waals surface area (Å²) >= 11 is 1.36. The van der Waals surface area contributed by atoms with E-state index in [-0.39, 0.29) is 17.4 Å². The molecule has 0 spiro atoms. The minimum atomic E-state index is 0.0329. The van der Waals surface area contributed by atoms with Gasteiger partial charge in [0.1, 0.15) is 10.7 Å². The van der Waals surface area contributed by atoms with Crippen molar-refractivity contribution in [3.8, 4) is 0 Å². The fourth-order valence-corrected chi connectivity index (χ4v) is 3.87. The normalized spacial score (nSPS) is 17.5. The molecule has 0 bridgehead atoms. The van der Waals surface area contributed by atoms with Crippen LogP contribution < -0.4 is 11.1 Å². The number of thiazole rings is 1. The van der Waals surface area contributed by atoms with Crippen molar-refractivity contribution in [1.82, 2.24) is 9.88 Å². The number of carbonyl (C=O) groups excluding carboxylic acids is 1. The van der Waals surface area contributed by atoms with Crippen LogP contribution in [0.25, 0.3) is 0 Å². The van der Waals surface area contributed by atoms with E-state index in [1.807, 2.05) is 18.7 Å². The zero-order valence-corrected chi connectivity index (χ0v) is 14.2. The Morgan fingerprint density at radius 3 is 2.67 bits per heavy atom. The molecule has 2 heterocycles. The number of nitrogens with one attached hydrogen (secondary N) is 1. The molecule has 1 amide bonds. The number of amides is 1. The maximum atomic E-state index is 12.7. The van der Waals surface area contributed by atoms with Gasteiger partial charge in [0.05, 0.1) is 0 Å². The van der Waals surface area contributed by atoms with Gasteiger partial charge in [0.15, 0.2) is 5.13 Å². The summed E-state index contributed by atoms with van der Waals surface area (Å²) in [5.41, 5.74) is 6.22. The van der Waals surface area contributed by atoms with Crippen LogP contribution in [0.2, 0.25) is 0 Å². The Labute approximate surface area is 130 Å². The Kier molecular flexibility index (Phi) is 4.76. The van der Waals surface area contributed by atoms with Crippen molar-refractivity contribution >= 4 is 28.2 Å². The highest BCUT2D eigenvalue weighted by Gasteiger charge is 2.38. The number of aromatic nitrogens is 1. The third kappa shape index (κ3) is 3.31. The molecule has 0 radical (unpaired) electrons. The first-order valence-corrected chi connectivity index (χ1v) is 8.54. The summed E-state index contributed by atoms with van der Waals surface area (Å²) in [6.45, 7) is 10.2. The lowest BCUT2D eigenvalue weighted by atomic mass is 9.82. The van der Waals surface area contributed by atoms with Crippen molar-refractivity contribution in [2.45, 2.75) is 53.0 Å². The topological polar surface area (TPSA) is 71.2 Å². The van der Waals surface area contributed by atoms with E-state index in [0.29, 0.717) is 10.7 Å². The number of nitrogens with two attached hydrogens (primary N) is 1. The average Bonchev–Trinajstić information content (AvgIpc) is 3.02. The molecule has 21 heavy (non-hydrogen) atoms. The highest BCUT2D eigenvalue weighted by atomic mass is 32.1. The van der Waals surface area contributed by atoms with E-state index in [0.717, 1.165) is 37.5 Å². The van der Waals surface area contributed by atoms with Gasteiger partial charge in [0.25, 0.3) is 5.91 Å². The number of nitrogens with zero attached hydrogens (tertiary/aromatic N) is 2. The molecule has 118 valence electrons. The van der Waals surface area contributed by atoms with E-state index in [1.165, 1.54) is 11.3 Å².